The van der Waals surface area contributed by atoms with Gasteiger partial charge in [-0.05, 0) is 37.1 Å². The molecule has 3 rings (SSSR count). The lowest BCUT2D eigenvalue weighted by atomic mass is 10.2. The van der Waals surface area contributed by atoms with Crippen LogP contribution < -0.4 is 5.32 Å². The minimum absolute atomic E-state index is 0.0291. The van der Waals surface area contributed by atoms with E-state index in [4.69, 9.17) is 4.74 Å². The third-order valence-electron chi connectivity index (χ3n) is 3.83. The average Bonchev–Trinajstić information content (AvgIpc) is 2.97. The van der Waals surface area contributed by atoms with E-state index in [1.54, 1.807) is 7.11 Å². The van der Waals surface area contributed by atoms with Crippen molar-refractivity contribution in [1.29, 1.82) is 0 Å². The smallest absolute Gasteiger partial charge is 0.226 e. The number of para-hydroxylation sites is 3. The van der Waals surface area contributed by atoms with Crippen molar-refractivity contribution in [2.45, 2.75) is 19.3 Å². The molecule has 0 saturated heterocycles. The molecule has 0 unspecified atom stereocenters. The van der Waals surface area contributed by atoms with Crippen LogP contribution >= 0.6 is 0 Å². The highest BCUT2D eigenvalue weighted by Crippen LogP contribution is 2.24. The predicted octanol–water partition coefficient (Wildman–Crippen LogP) is 3.78. The Morgan fingerprint density at radius 3 is 2.62 bits per heavy atom. The first kappa shape index (κ1) is 16.2. The van der Waals surface area contributed by atoms with E-state index in [0.717, 1.165) is 29.6 Å². The molecule has 0 aliphatic carbocycles. The summed E-state index contributed by atoms with van der Waals surface area (Å²) in [6.45, 7) is 0.676. The minimum Gasteiger partial charge on any atom is -0.385 e. The van der Waals surface area contributed by atoms with E-state index in [9.17, 15) is 4.79 Å². The number of rotatable bonds is 7. The standard InChI is InChI=1S/C19H21N3O2/c1-24-14-8-7-13-18(23)21-19-20-16-11-5-6-12-17(16)22(19)15-9-3-2-4-10-15/h2-6,9-12H,7-8,13-14H2,1H3,(H,20,21,23). The minimum atomic E-state index is -0.0291. The first-order valence-electron chi connectivity index (χ1n) is 8.11. The van der Waals surface area contributed by atoms with Crippen molar-refractivity contribution in [3.05, 3.63) is 54.6 Å². The van der Waals surface area contributed by atoms with Crippen LogP contribution in [0.3, 0.4) is 0 Å². The number of benzene rings is 2. The second-order valence-corrected chi connectivity index (χ2v) is 5.59. The Hall–Kier alpha value is -2.66. The Morgan fingerprint density at radius 1 is 1.08 bits per heavy atom. The summed E-state index contributed by atoms with van der Waals surface area (Å²) in [5.41, 5.74) is 2.80. The van der Waals surface area contributed by atoms with Gasteiger partial charge in [0, 0.05) is 25.8 Å². The van der Waals surface area contributed by atoms with E-state index < -0.39 is 0 Å². The Balaban J connectivity index is 1.86. The largest absolute Gasteiger partial charge is 0.385 e. The van der Waals surface area contributed by atoms with Gasteiger partial charge in [0.25, 0.3) is 0 Å². The van der Waals surface area contributed by atoms with Crippen LogP contribution in [0.5, 0.6) is 0 Å². The summed E-state index contributed by atoms with van der Waals surface area (Å²) in [6, 6.07) is 17.8. The van der Waals surface area contributed by atoms with Gasteiger partial charge < -0.3 is 4.74 Å². The van der Waals surface area contributed by atoms with Crippen molar-refractivity contribution in [3.63, 3.8) is 0 Å². The fourth-order valence-electron chi connectivity index (χ4n) is 2.67. The fourth-order valence-corrected chi connectivity index (χ4v) is 2.67. The lowest BCUT2D eigenvalue weighted by Crippen LogP contribution is -2.15. The summed E-state index contributed by atoms with van der Waals surface area (Å²) in [5, 5.41) is 2.95. The van der Waals surface area contributed by atoms with Gasteiger partial charge in [0.2, 0.25) is 11.9 Å². The number of carbonyl (C=O) groups excluding carboxylic acids is 1. The number of nitrogens with zero attached hydrogens (tertiary/aromatic N) is 2. The molecule has 24 heavy (non-hydrogen) atoms. The normalized spacial score (nSPS) is 10.9. The SMILES string of the molecule is COCCCCC(=O)Nc1nc2ccccc2n1-c1ccccc1. The number of ether oxygens (including phenoxy) is 1. The lowest BCUT2D eigenvalue weighted by molar-refractivity contribution is -0.116. The molecule has 2 aromatic carbocycles. The van der Waals surface area contributed by atoms with Gasteiger partial charge in [-0.15, -0.1) is 0 Å². The second-order valence-electron chi connectivity index (χ2n) is 5.59. The maximum absolute atomic E-state index is 12.2. The summed E-state index contributed by atoms with van der Waals surface area (Å²) < 4.78 is 6.99. The molecule has 0 saturated carbocycles. The third-order valence-corrected chi connectivity index (χ3v) is 3.83. The summed E-state index contributed by atoms with van der Waals surface area (Å²) in [4.78, 5) is 16.8. The molecule has 1 amide bonds. The Bertz CT molecular complexity index is 812. The molecule has 1 N–H and O–H groups in total. The fraction of sp³-hybridized carbons (Fsp3) is 0.263. The molecule has 0 radical (unpaired) electrons. The molecule has 0 atom stereocenters. The molecule has 1 heterocycles. The maximum atomic E-state index is 12.2. The van der Waals surface area contributed by atoms with E-state index in [-0.39, 0.29) is 5.91 Å². The lowest BCUT2D eigenvalue weighted by Gasteiger charge is -2.10. The molecule has 5 heteroatoms. The molecular weight excluding hydrogens is 302 g/mol. The monoisotopic (exact) mass is 323 g/mol. The topological polar surface area (TPSA) is 56.1 Å². The molecule has 0 aliphatic rings. The van der Waals surface area contributed by atoms with Crippen LogP contribution in [0.1, 0.15) is 19.3 Å². The summed E-state index contributed by atoms with van der Waals surface area (Å²) >= 11 is 0. The number of hydrogen-bond acceptors (Lipinski definition) is 3. The Morgan fingerprint density at radius 2 is 1.83 bits per heavy atom. The van der Waals surface area contributed by atoms with Crippen molar-refractivity contribution in [2.24, 2.45) is 0 Å². The first-order chi connectivity index (χ1) is 11.8. The molecule has 5 nitrogen and oxygen atoms in total. The van der Waals surface area contributed by atoms with Gasteiger partial charge in [-0.1, -0.05) is 30.3 Å². The molecule has 3 aromatic rings. The molecule has 0 bridgehead atoms. The Kier molecular flexibility index (Phi) is 5.23. The zero-order valence-corrected chi connectivity index (χ0v) is 13.7. The van der Waals surface area contributed by atoms with Gasteiger partial charge in [-0.25, -0.2) is 4.98 Å². The van der Waals surface area contributed by atoms with Gasteiger partial charge >= 0.3 is 0 Å². The second kappa shape index (κ2) is 7.75. The van der Waals surface area contributed by atoms with E-state index in [1.807, 2.05) is 59.2 Å². The summed E-state index contributed by atoms with van der Waals surface area (Å²) in [5.74, 6) is 0.526. The van der Waals surface area contributed by atoms with Crippen LogP contribution in [-0.4, -0.2) is 29.2 Å². The van der Waals surface area contributed by atoms with Crippen LogP contribution in [-0.2, 0) is 9.53 Å². The first-order valence-corrected chi connectivity index (χ1v) is 8.11. The van der Waals surface area contributed by atoms with Crippen LogP contribution in [0.2, 0.25) is 0 Å². The van der Waals surface area contributed by atoms with Gasteiger partial charge in [-0.2, -0.15) is 0 Å². The molecule has 1 aromatic heterocycles. The number of aromatic nitrogens is 2. The number of hydrogen-bond donors (Lipinski definition) is 1. The van der Waals surface area contributed by atoms with E-state index in [2.05, 4.69) is 10.3 Å². The number of methoxy groups -OCH3 is 1. The molecular formula is C19H21N3O2. The summed E-state index contributed by atoms with van der Waals surface area (Å²) in [7, 11) is 1.67. The van der Waals surface area contributed by atoms with E-state index >= 15 is 0 Å². The van der Waals surface area contributed by atoms with Gasteiger partial charge in [-0.3, -0.25) is 14.7 Å². The Labute approximate surface area is 141 Å². The zero-order chi connectivity index (χ0) is 16.8. The zero-order valence-electron chi connectivity index (χ0n) is 13.7. The van der Waals surface area contributed by atoms with Crippen molar-refractivity contribution in [2.75, 3.05) is 19.0 Å². The van der Waals surface area contributed by atoms with Crippen LogP contribution in [0.25, 0.3) is 16.7 Å². The maximum Gasteiger partial charge on any atom is 0.226 e. The number of imidazole rings is 1. The molecule has 0 spiro atoms. The average molecular weight is 323 g/mol. The molecule has 0 aliphatic heterocycles. The third kappa shape index (κ3) is 3.63. The van der Waals surface area contributed by atoms with Crippen molar-refractivity contribution in [1.82, 2.24) is 9.55 Å². The highest BCUT2D eigenvalue weighted by atomic mass is 16.5. The predicted molar refractivity (Wildman–Crippen MR) is 95.4 cm³/mol. The van der Waals surface area contributed by atoms with Gasteiger partial charge in [0.1, 0.15) is 0 Å². The van der Waals surface area contributed by atoms with Crippen LogP contribution in [0.4, 0.5) is 5.95 Å². The van der Waals surface area contributed by atoms with Crippen LogP contribution in [0, 0.1) is 0 Å². The summed E-state index contributed by atoms with van der Waals surface area (Å²) in [6.07, 6.45) is 2.13. The van der Waals surface area contributed by atoms with Gasteiger partial charge in [0.15, 0.2) is 0 Å². The molecule has 0 fully saturated rings. The molecule has 124 valence electrons. The van der Waals surface area contributed by atoms with Gasteiger partial charge in [0.05, 0.1) is 11.0 Å². The highest BCUT2D eigenvalue weighted by molar-refractivity contribution is 5.92. The highest BCUT2D eigenvalue weighted by Gasteiger charge is 2.14. The van der Waals surface area contributed by atoms with Crippen molar-refractivity contribution < 1.29 is 9.53 Å². The van der Waals surface area contributed by atoms with E-state index in [1.165, 1.54) is 0 Å². The van der Waals surface area contributed by atoms with Crippen LogP contribution in [0.15, 0.2) is 54.6 Å². The number of anilines is 1. The number of nitrogens with one attached hydrogen (secondary N) is 1. The number of unbranched alkanes of at least 4 members (excludes halogenated alkanes) is 1. The van der Waals surface area contributed by atoms with E-state index in [0.29, 0.717) is 19.0 Å². The number of fused-ring (bicyclic) bond motifs is 1. The van der Waals surface area contributed by atoms with Crippen molar-refractivity contribution in [3.8, 4) is 5.69 Å². The number of carbonyl (C=O) groups is 1. The number of amides is 1. The quantitative estimate of drug-likeness (QED) is 0.673. The van der Waals surface area contributed by atoms with Crippen molar-refractivity contribution >= 4 is 22.9 Å².